The van der Waals surface area contributed by atoms with Crippen LogP contribution in [0.3, 0.4) is 0 Å². The van der Waals surface area contributed by atoms with E-state index in [9.17, 15) is 54.9 Å². The fraction of sp³-hybridized carbons (Fsp3) is 0.318. The predicted molar refractivity (Wildman–Crippen MR) is 221 cm³/mol. The molecule has 0 aliphatic carbocycles. The van der Waals surface area contributed by atoms with Gasteiger partial charge >= 0.3 is 12.4 Å². The Balaban J connectivity index is 0.000000212. The zero-order valence-electron chi connectivity index (χ0n) is 34.9. The number of alkyl halides is 6. The number of aliphatic hydroxyl groups is 2. The SMILES string of the molecule is C[C@H]1CN(C(=O)c2ccnc(-c3ccc(F)cc3)c2)Cc2cnc([C@@](C)(O)C(F)(F)F)n21.C[C@H]1CN(C(=O)c2ccnc(-c3ccc(F)cc3)c2)Cc2cnc([C@@](C)(O)C(F)(F)F)n21.Cl. The van der Waals surface area contributed by atoms with Crippen LogP contribution < -0.4 is 0 Å². The molecule has 0 bridgehead atoms. The van der Waals surface area contributed by atoms with Gasteiger partial charge in [-0.3, -0.25) is 19.6 Å². The van der Waals surface area contributed by atoms with Crippen LogP contribution in [0.2, 0.25) is 0 Å². The third kappa shape index (κ3) is 9.46. The number of hydrogen-bond acceptors (Lipinski definition) is 8. The minimum absolute atomic E-state index is 0. The van der Waals surface area contributed by atoms with Gasteiger partial charge in [-0.1, -0.05) is 0 Å². The summed E-state index contributed by atoms with van der Waals surface area (Å²) in [6, 6.07) is 16.6. The standard InChI is InChI=1S/2C22H20F4N4O2.ClH/c2*1-13-11-29(12-17-10-28-20(30(13)17)21(2,32)22(24,25)26)19(31)15-7-8-27-18(9-15)14-3-5-16(23)6-4-14;/h2*3-10,13,32H,11-12H2,1-2H3;1H/t2*13-,21+;/m00./s1. The molecule has 0 radical (unpaired) electrons. The number of imidazole rings is 2. The number of benzene rings is 2. The summed E-state index contributed by atoms with van der Waals surface area (Å²) in [5, 5.41) is 20.1. The summed E-state index contributed by atoms with van der Waals surface area (Å²) in [6.07, 6.45) is -4.33. The van der Waals surface area contributed by atoms with Gasteiger partial charge in [0, 0.05) is 47.7 Å². The van der Waals surface area contributed by atoms with Gasteiger partial charge in [0.15, 0.2) is 11.6 Å². The molecule has 0 fully saturated rings. The number of halogens is 9. The van der Waals surface area contributed by atoms with Gasteiger partial charge < -0.3 is 29.1 Å². The van der Waals surface area contributed by atoms with E-state index in [0.29, 0.717) is 58.9 Å². The van der Waals surface area contributed by atoms with Crippen molar-refractivity contribution in [3.8, 4) is 22.5 Å². The third-order valence-electron chi connectivity index (χ3n) is 11.1. The van der Waals surface area contributed by atoms with Crippen LogP contribution in [0.25, 0.3) is 22.5 Å². The molecule has 65 heavy (non-hydrogen) atoms. The Morgan fingerprint density at radius 2 is 0.923 bits per heavy atom. The first-order valence-electron chi connectivity index (χ1n) is 19.7. The second-order valence-electron chi connectivity index (χ2n) is 16.0. The zero-order valence-corrected chi connectivity index (χ0v) is 35.8. The molecule has 2 aliphatic heterocycles. The van der Waals surface area contributed by atoms with Crippen molar-refractivity contribution >= 4 is 24.2 Å². The van der Waals surface area contributed by atoms with Crippen LogP contribution >= 0.6 is 12.4 Å². The monoisotopic (exact) mass is 932 g/mol. The van der Waals surface area contributed by atoms with Crippen molar-refractivity contribution in [1.29, 1.82) is 0 Å². The fourth-order valence-electron chi connectivity index (χ4n) is 7.66. The molecular weight excluding hydrogens is 892 g/mol. The molecular formula is C44H41ClF8N8O4. The lowest BCUT2D eigenvalue weighted by Crippen LogP contribution is -2.45. The maximum Gasteiger partial charge on any atom is 0.424 e. The van der Waals surface area contributed by atoms with E-state index in [1.165, 1.54) is 68.0 Å². The number of carbonyl (C=O) groups is 2. The molecule has 0 spiro atoms. The minimum atomic E-state index is -4.89. The number of pyridine rings is 2. The Morgan fingerprint density at radius 3 is 1.25 bits per heavy atom. The van der Waals surface area contributed by atoms with E-state index in [-0.39, 0.29) is 62.0 Å². The van der Waals surface area contributed by atoms with Crippen molar-refractivity contribution in [3.63, 3.8) is 0 Å². The van der Waals surface area contributed by atoms with Crippen molar-refractivity contribution in [1.82, 2.24) is 38.9 Å². The van der Waals surface area contributed by atoms with E-state index < -0.39 is 47.3 Å². The lowest BCUT2D eigenvalue weighted by atomic mass is 10.0. The molecule has 12 nitrogen and oxygen atoms in total. The van der Waals surface area contributed by atoms with Crippen molar-refractivity contribution in [2.24, 2.45) is 0 Å². The Morgan fingerprint density at radius 1 is 0.585 bits per heavy atom. The Hall–Kier alpha value is -6.25. The normalized spacial score (nSPS) is 17.9. The van der Waals surface area contributed by atoms with Gasteiger partial charge in [-0.05, 0) is 100 Å². The molecule has 21 heteroatoms. The van der Waals surface area contributed by atoms with Crippen LogP contribution in [0, 0.1) is 11.6 Å². The second-order valence-corrected chi connectivity index (χ2v) is 16.0. The highest BCUT2D eigenvalue weighted by atomic mass is 35.5. The van der Waals surface area contributed by atoms with Crippen molar-refractivity contribution in [2.75, 3.05) is 13.1 Å². The van der Waals surface area contributed by atoms with Gasteiger partial charge in [-0.25, -0.2) is 18.7 Å². The van der Waals surface area contributed by atoms with Crippen LogP contribution in [0.5, 0.6) is 0 Å². The molecule has 0 saturated heterocycles. The molecule has 2 amide bonds. The van der Waals surface area contributed by atoms with Crippen molar-refractivity contribution < 1.29 is 54.9 Å². The van der Waals surface area contributed by atoms with Crippen LogP contribution in [-0.2, 0) is 24.3 Å². The smallest absolute Gasteiger partial charge is 0.374 e. The zero-order chi connectivity index (χ0) is 46.5. The molecule has 344 valence electrons. The summed E-state index contributed by atoms with van der Waals surface area (Å²) in [5.74, 6) is -2.41. The molecule has 4 atom stereocenters. The van der Waals surface area contributed by atoms with Crippen LogP contribution in [-0.4, -0.2) is 86.3 Å². The first-order valence-corrected chi connectivity index (χ1v) is 19.7. The highest BCUT2D eigenvalue weighted by Gasteiger charge is 2.56. The lowest BCUT2D eigenvalue weighted by molar-refractivity contribution is -0.263. The number of rotatable bonds is 6. The quantitative estimate of drug-likeness (QED) is 0.158. The number of amides is 2. The Kier molecular flexibility index (Phi) is 13.3. The van der Waals surface area contributed by atoms with E-state index in [2.05, 4.69) is 19.9 Å². The summed E-state index contributed by atoms with van der Waals surface area (Å²) in [4.78, 5) is 45.4. The predicted octanol–water partition coefficient (Wildman–Crippen LogP) is 8.56. The molecule has 0 unspecified atom stereocenters. The van der Waals surface area contributed by atoms with E-state index >= 15 is 0 Å². The Labute approximate surface area is 372 Å². The molecule has 2 N–H and O–H groups in total. The molecule has 6 aromatic rings. The molecule has 8 rings (SSSR count). The van der Waals surface area contributed by atoms with Crippen LogP contribution in [0.15, 0.2) is 97.6 Å². The topological polar surface area (TPSA) is 142 Å². The van der Waals surface area contributed by atoms with E-state index in [4.69, 9.17) is 0 Å². The first kappa shape index (κ1) is 48.2. The van der Waals surface area contributed by atoms with Gasteiger partial charge in [-0.15, -0.1) is 12.4 Å². The van der Waals surface area contributed by atoms with Crippen molar-refractivity contribution in [2.45, 2.75) is 76.4 Å². The maximum atomic E-state index is 13.3. The molecule has 6 heterocycles. The number of fused-ring (bicyclic) bond motifs is 2. The molecule has 2 aliphatic rings. The van der Waals surface area contributed by atoms with Crippen molar-refractivity contribution in [3.05, 3.63) is 143 Å². The number of aromatic nitrogens is 6. The summed E-state index contributed by atoms with van der Waals surface area (Å²) in [6.45, 7) is 5.01. The number of carbonyl (C=O) groups excluding carboxylic acids is 2. The highest BCUT2D eigenvalue weighted by molar-refractivity contribution is 5.96. The summed E-state index contributed by atoms with van der Waals surface area (Å²) in [7, 11) is 0. The lowest BCUT2D eigenvalue weighted by Gasteiger charge is -2.36. The second kappa shape index (κ2) is 18.0. The fourth-order valence-corrected chi connectivity index (χ4v) is 7.66. The highest BCUT2D eigenvalue weighted by Crippen LogP contribution is 2.42. The summed E-state index contributed by atoms with van der Waals surface area (Å²) >= 11 is 0. The first-order chi connectivity index (χ1) is 30.0. The van der Waals surface area contributed by atoms with Gasteiger partial charge in [-0.2, -0.15) is 26.3 Å². The number of nitrogens with zero attached hydrogens (tertiary/aromatic N) is 8. The van der Waals surface area contributed by atoms with Crippen LogP contribution in [0.1, 0.15) is 83.5 Å². The average Bonchev–Trinajstić information content (AvgIpc) is 3.90. The molecule has 4 aromatic heterocycles. The summed E-state index contributed by atoms with van der Waals surface area (Å²) in [5.41, 5.74) is -2.46. The van der Waals surface area contributed by atoms with E-state index in [0.717, 1.165) is 0 Å². The largest absolute Gasteiger partial charge is 0.424 e. The van der Waals surface area contributed by atoms with E-state index in [1.807, 2.05) is 0 Å². The molecule has 0 saturated carbocycles. The summed E-state index contributed by atoms with van der Waals surface area (Å²) < 4.78 is 109. The molecule has 2 aromatic carbocycles. The van der Waals surface area contributed by atoms with Gasteiger partial charge in [0.25, 0.3) is 11.8 Å². The van der Waals surface area contributed by atoms with Gasteiger partial charge in [0.05, 0.1) is 60.3 Å². The van der Waals surface area contributed by atoms with Gasteiger partial charge in [0.2, 0.25) is 11.2 Å². The van der Waals surface area contributed by atoms with E-state index in [1.54, 1.807) is 62.4 Å². The Bertz CT molecular complexity index is 2500. The maximum absolute atomic E-state index is 13.3. The number of hydrogen-bond donors (Lipinski definition) is 2. The third-order valence-corrected chi connectivity index (χ3v) is 11.1. The van der Waals surface area contributed by atoms with Crippen LogP contribution in [0.4, 0.5) is 35.1 Å². The minimum Gasteiger partial charge on any atom is -0.374 e. The average molecular weight is 933 g/mol. The van der Waals surface area contributed by atoms with Gasteiger partial charge in [0.1, 0.15) is 11.6 Å².